The summed E-state index contributed by atoms with van der Waals surface area (Å²) in [6.07, 6.45) is 8.21. The molecule has 0 unspecified atom stereocenters. The summed E-state index contributed by atoms with van der Waals surface area (Å²) in [4.78, 5) is 48.5. The van der Waals surface area contributed by atoms with Crippen LogP contribution in [0.1, 0.15) is 278 Å². The number of hydrogen-bond donors (Lipinski definition) is 0. The summed E-state index contributed by atoms with van der Waals surface area (Å²) >= 11 is 0. The van der Waals surface area contributed by atoms with E-state index < -0.39 is 9.84 Å². The summed E-state index contributed by atoms with van der Waals surface area (Å²) in [6, 6.07) is 20.9. The van der Waals surface area contributed by atoms with Gasteiger partial charge in [-0.3, -0.25) is 19.4 Å². The van der Waals surface area contributed by atoms with E-state index in [-0.39, 0.29) is 39.3 Å². The van der Waals surface area contributed by atoms with E-state index in [1.165, 1.54) is 87.5 Å². The molecule has 4 saturated carbocycles. The number of Topliss-reactive ketones (excluding diaryl/α,β-unsaturated/α-hetero) is 3. The Balaban J connectivity index is -0.0000000999. The van der Waals surface area contributed by atoms with Crippen LogP contribution in [0.5, 0.6) is 11.5 Å². The summed E-state index contributed by atoms with van der Waals surface area (Å²) in [6.45, 7) is 76.0. The molecule has 7 rings (SSSR count). The van der Waals surface area contributed by atoms with Crippen LogP contribution in [0.3, 0.4) is 0 Å². The number of ether oxygens (including phenoxy) is 3. The van der Waals surface area contributed by atoms with Crippen LogP contribution in [0.2, 0.25) is 13.1 Å². The molecule has 0 bridgehead atoms. The highest BCUT2D eigenvalue weighted by molar-refractivity contribution is 7.89. The van der Waals surface area contributed by atoms with Crippen molar-refractivity contribution in [3.8, 4) is 23.3 Å². The van der Waals surface area contributed by atoms with Crippen molar-refractivity contribution in [1.29, 1.82) is 0 Å². The lowest BCUT2D eigenvalue weighted by atomic mass is 9.60. The van der Waals surface area contributed by atoms with Crippen LogP contribution < -0.4 is 9.47 Å². The van der Waals surface area contributed by atoms with Crippen LogP contribution in [-0.4, -0.2) is 179 Å². The molecule has 4 aliphatic carbocycles. The second kappa shape index (κ2) is 79.3. The number of carbonyl (C=O) groups excluding carboxylic acids is 4. The molecule has 0 heterocycles. The molecule has 0 N–H and O–H groups in total. The third-order valence-electron chi connectivity index (χ3n) is 19.3. The fourth-order valence-corrected chi connectivity index (χ4v) is 9.03. The summed E-state index contributed by atoms with van der Waals surface area (Å²) in [5.74, 6) is 21.0. The Kier molecular flexibility index (Phi) is 93.5. The van der Waals surface area contributed by atoms with Gasteiger partial charge in [-0.15, -0.1) is 11.8 Å². The lowest BCUT2D eigenvalue weighted by molar-refractivity contribution is -0.849. The van der Waals surface area contributed by atoms with E-state index in [1.54, 1.807) is 73.8 Å². The van der Waals surface area contributed by atoms with Crippen LogP contribution >= 0.6 is 0 Å². The zero-order valence-electron chi connectivity index (χ0n) is 86.6. The minimum atomic E-state index is -2.67. The molecule has 0 saturated heterocycles. The number of sulfone groups is 1. The zero-order chi connectivity index (χ0) is 94.0. The molecular weight excluding hydrogens is 1480 g/mol. The highest BCUT2D eigenvalue weighted by Crippen LogP contribution is 2.46. The third-order valence-corrected chi connectivity index (χ3v) is 20.2. The number of carbonyl (C=O) groups is 4. The number of aliphatic imine (C=N–C) groups is 1. The smallest absolute Gasteiger partial charge is 0.218 e. The lowest BCUT2D eigenvalue weighted by Gasteiger charge is -2.45. The van der Waals surface area contributed by atoms with Gasteiger partial charge in [-0.05, 0) is 244 Å². The molecule has 684 valence electrons. The van der Waals surface area contributed by atoms with Gasteiger partial charge in [0.05, 0.1) is 42.4 Å². The normalized spacial score (nSPS) is 20.5. The number of benzene rings is 3. The van der Waals surface area contributed by atoms with E-state index >= 15 is 0 Å². The molecule has 4 aliphatic rings. The first-order chi connectivity index (χ1) is 52.0. The maximum absolute atomic E-state index is 10.8. The number of nitrogens with zero attached hydrogens (tertiary/aromatic N) is 5. The summed E-state index contributed by atoms with van der Waals surface area (Å²) in [5, 5.41) is 0. The Hall–Kier alpha value is -5.44. The number of methoxy groups -OCH3 is 3. The van der Waals surface area contributed by atoms with Crippen LogP contribution in [0, 0.1) is 128 Å². The van der Waals surface area contributed by atoms with Gasteiger partial charge < -0.3 is 45.3 Å². The van der Waals surface area contributed by atoms with Gasteiger partial charge in [0.1, 0.15) is 35.7 Å². The Morgan fingerprint density at radius 1 is 0.457 bits per heavy atom. The number of hydrogen-bond acceptors (Lipinski definition) is 12. The lowest BCUT2D eigenvalue weighted by Crippen LogP contribution is -2.39. The highest BCUT2D eigenvalue weighted by Gasteiger charge is 2.39. The van der Waals surface area contributed by atoms with E-state index in [4.69, 9.17) is 9.47 Å². The predicted molar refractivity (Wildman–Crippen MR) is 522 cm³/mol. The monoisotopic (exact) mass is 1670 g/mol. The topological polar surface area (TPSA) is 161 Å². The van der Waals surface area contributed by atoms with Crippen molar-refractivity contribution in [2.45, 2.75) is 274 Å². The molecule has 4 fully saturated rings. The predicted octanol–water partition coefficient (Wildman–Crippen LogP) is 26.1. The quantitative estimate of drug-likeness (QED) is 0.0468. The molecule has 1 amide bonds. The minimum Gasteiger partial charge on any atom is -0.497 e. The van der Waals surface area contributed by atoms with Crippen molar-refractivity contribution in [1.82, 2.24) is 9.80 Å². The summed E-state index contributed by atoms with van der Waals surface area (Å²) in [7, 11) is 25.2. The molecule has 0 aromatic heterocycles. The van der Waals surface area contributed by atoms with Gasteiger partial charge in [0.25, 0.3) is 0 Å². The van der Waals surface area contributed by atoms with E-state index in [9.17, 15) is 27.6 Å². The first kappa shape index (κ1) is 137. The molecule has 0 spiro atoms. The molecule has 0 atom stereocenters. The van der Waals surface area contributed by atoms with Gasteiger partial charge in [-0.2, -0.15) is 0 Å². The second-order valence-corrected chi connectivity index (χ2v) is 41.3. The van der Waals surface area contributed by atoms with Crippen molar-refractivity contribution in [3.05, 3.63) is 113 Å². The Labute approximate surface area is 726 Å². The number of aryl methyl sites for hydroxylation is 3. The van der Waals surface area contributed by atoms with Gasteiger partial charge in [0.15, 0.2) is 11.6 Å². The average molecular weight is 1670 g/mol. The van der Waals surface area contributed by atoms with Gasteiger partial charge in [0, 0.05) is 84.8 Å². The number of quaternary nitrogens is 1. The van der Waals surface area contributed by atoms with Crippen LogP contribution in [0.25, 0.3) is 0 Å². The van der Waals surface area contributed by atoms with Gasteiger partial charge in [-0.1, -0.05) is 221 Å². The first-order valence-corrected chi connectivity index (χ1v) is 46.4. The van der Waals surface area contributed by atoms with Crippen molar-refractivity contribution >= 4 is 47.4 Å². The number of rotatable bonds is 4. The van der Waals surface area contributed by atoms with Crippen molar-refractivity contribution in [2.75, 3.05) is 118 Å². The zero-order valence-corrected chi connectivity index (χ0v) is 88.4. The molecule has 16 heteroatoms. The fourth-order valence-electron chi connectivity index (χ4n) is 9.03. The van der Waals surface area contributed by atoms with Crippen LogP contribution in [-0.2, 0) is 24.2 Å². The largest absolute Gasteiger partial charge is 0.497 e. The molecule has 0 aliphatic heterocycles. The number of ketones is 3. The Morgan fingerprint density at radius 2 is 0.612 bits per heavy atom. The first-order valence-electron chi connectivity index (χ1n) is 41.7. The minimum absolute atomic E-state index is 0. The van der Waals surface area contributed by atoms with E-state index in [0.717, 1.165) is 123 Å². The van der Waals surface area contributed by atoms with Crippen LogP contribution in [0.4, 0.5) is 0 Å². The molecule has 116 heavy (non-hydrogen) atoms. The summed E-state index contributed by atoms with van der Waals surface area (Å²) < 4.78 is 38.6. The maximum atomic E-state index is 10.8. The van der Waals surface area contributed by atoms with Crippen molar-refractivity contribution in [3.63, 3.8) is 0 Å². The molecule has 0 radical (unpaired) electrons. The third kappa shape index (κ3) is 109. The van der Waals surface area contributed by atoms with E-state index in [2.05, 4.69) is 258 Å². The maximum Gasteiger partial charge on any atom is 0.218 e. The molecule has 14 nitrogen and oxygen atoms in total. The Bertz CT molecular complexity index is 2870. The second-order valence-electron chi connectivity index (χ2n) is 36.6. The average Bonchev–Trinajstić information content (AvgIpc) is 1.08. The van der Waals surface area contributed by atoms with Gasteiger partial charge in [-0.25, -0.2) is 8.42 Å². The van der Waals surface area contributed by atoms with Gasteiger partial charge >= 0.3 is 0 Å². The highest BCUT2D eigenvalue weighted by atomic mass is 32.2. The van der Waals surface area contributed by atoms with Gasteiger partial charge in [0.2, 0.25) is 5.91 Å². The summed E-state index contributed by atoms with van der Waals surface area (Å²) in [5.41, 5.74) is 9.56. The Morgan fingerprint density at radius 3 is 0.707 bits per heavy atom. The number of allylic oxidation sites excluding steroid dienone is 2. The fraction of sp³-hybridized carbons (Fsp3) is 0.720. The molecule has 3 aromatic rings. The van der Waals surface area contributed by atoms with Crippen molar-refractivity contribution < 1.29 is 46.3 Å². The van der Waals surface area contributed by atoms with Crippen LogP contribution in [0.15, 0.2) is 87.5 Å². The van der Waals surface area contributed by atoms with Crippen molar-refractivity contribution in [2.24, 2.45) is 97.9 Å². The molecular formula is C100H195N5O9SSi. The van der Waals surface area contributed by atoms with E-state index in [1.807, 2.05) is 85.9 Å². The standard InChI is InChI=1S/C10H10O2.C10H20.C9H12O2.C8H16.C8H10.C8H16.2C6H12.C5H12.C4H9NO.C4H12N.C4H9N.C4H6.C3H9NSi.C3H9N.C3H6O.C2H6O2S.C2H6O.CH3/c1-7(11)9-3-5-10(6-4-9)8(2)12;1-6-7(2)9(4)10(5)8(6)3;1-7-4-8(10-2)6-9(5-7)11-3;2*1-7-3-5-8(2)6-4-7;1-5-6(2)8(4)7(5)3;1-4-5(2)6(4)3;1-5(2)6(3)4;1-5(2,3)4;1-4(6)5(2)3;1-5(2,3)4;1-4(2)5-3;1-3-4-2;1-4-5(2)3;1-4(2)3;1-3(2)4;1-5(2,3)4;1-3-2;/h3-6H,1-2H3;6-10H,1-5H3;4-6H,1-3H3;7-8H,3-6H2,1-2H3;3-6H,1-2H3;5-8H,1-4H3;4-6H,1-3H3;1-4H3;1-4H3;1-3H3;1-4H3;1-3H3;1-2H3;1-3H3;1-3H3;1-2H3;1-2H3;1-2H3;1H3/q;;;;;;;;;;+1;;;;;;;;-1. The number of amides is 1. The van der Waals surface area contributed by atoms with E-state index in [0.29, 0.717) is 16.5 Å². The molecule has 3 aromatic carbocycles. The SMILES string of the molecule is CC#CC.CC(=O)N(C)C.CC(=O)c1ccc(C(C)=O)cc1.CC(C)(C)C.CC(C)=C(C)C.CC(C)=O.CC1C(C)C(C)C(C)C1C.CC1C(C)C(C)C1C.CC1C(C)C1C.CC1CCC(C)CC1.CN(C)C.CN=C(C)C.CN=[Si](C)C.COC.COc1cc(C)cc(OC)c1.CS(C)(=O)=O.C[N+](C)(C)C.Cc1ccc(C)cc1.[CH3-].